The summed E-state index contributed by atoms with van der Waals surface area (Å²) in [5.41, 5.74) is 4.20. The lowest BCUT2D eigenvalue weighted by atomic mass is 10.1. The first kappa shape index (κ1) is 19.8. The molecule has 5 heterocycles. The minimum Gasteiger partial charge on any atom is -0.474 e. The molecule has 0 saturated carbocycles. The molecule has 4 aromatic heterocycles. The van der Waals surface area contributed by atoms with Crippen LogP contribution in [-0.4, -0.2) is 39.1 Å². The Hall–Kier alpha value is -3.10. The quantitative estimate of drug-likeness (QED) is 0.475. The lowest BCUT2D eigenvalue weighted by molar-refractivity contribution is 0.156. The summed E-state index contributed by atoms with van der Waals surface area (Å²) in [5, 5.41) is 7.62. The fraction of sp³-hybridized carbons (Fsp3) is 0.304. The highest BCUT2D eigenvalue weighted by atomic mass is 32.1. The second-order valence-corrected chi connectivity index (χ2v) is 8.84. The molecule has 0 atom stereocenters. The Morgan fingerprint density at radius 3 is 2.77 bits per heavy atom. The fourth-order valence-electron chi connectivity index (χ4n) is 3.68. The predicted octanol–water partition coefficient (Wildman–Crippen LogP) is 4.64. The highest BCUT2D eigenvalue weighted by molar-refractivity contribution is 7.21. The van der Waals surface area contributed by atoms with Crippen LogP contribution in [0, 0.1) is 13.8 Å². The van der Waals surface area contributed by atoms with Crippen LogP contribution in [-0.2, 0) is 0 Å². The summed E-state index contributed by atoms with van der Waals surface area (Å²) < 4.78 is 7.16. The number of thiazole rings is 1. The molecule has 1 fully saturated rings. The molecule has 1 aliphatic rings. The van der Waals surface area contributed by atoms with E-state index in [9.17, 15) is 0 Å². The molecular weight excluding hydrogens is 408 g/mol. The molecule has 0 unspecified atom stereocenters. The zero-order valence-electron chi connectivity index (χ0n) is 17.6. The van der Waals surface area contributed by atoms with Gasteiger partial charge in [-0.05, 0) is 63.0 Å². The summed E-state index contributed by atoms with van der Waals surface area (Å²) >= 11 is 1.62. The van der Waals surface area contributed by atoms with Gasteiger partial charge in [0.05, 0.1) is 10.2 Å². The van der Waals surface area contributed by atoms with Gasteiger partial charge in [-0.2, -0.15) is 4.98 Å². The Morgan fingerprint density at radius 1 is 1.06 bits per heavy atom. The summed E-state index contributed by atoms with van der Waals surface area (Å²) in [6.45, 7) is 6.09. The normalized spacial score (nSPS) is 14.6. The van der Waals surface area contributed by atoms with E-state index in [0.29, 0.717) is 17.5 Å². The molecule has 1 aliphatic heterocycles. The number of pyridine rings is 3. The van der Waals surface area contributed by atoms with Crippen LogP contribution in [0.25, 0.3) is 20.8 Å². The lowest BCUT2D eigenvalue weighted by Gasteiger charge is -2.23. The van der Waals surface area contributed by atoms with E-state index in [4.69, 9.17) is 9.72 Å². The van der Waals surface area contributed by atoms with Crippen LogP contribution in [0.4, 0.5) is 11.6 Å². The SMILES string of the molecule is Cc1cc(Nc2cc3nc(-c4cnccc4C)sc3cn2)nc(OC2CCNCC2)c1. The molecule has 7 nitrogen and oxygen atoms in total. The summed E-state index contributed by atoms with van der Waals surface area (Å²) in [4.78, 5) is 18.3. The van der Waals surface area contributed by atoms with Crippen LogP contribution >= 0.6 is 11.3 Å². The first-order valence-electron chi connectivity index (χ1n) is 10.4. The third-order valence-corrected chi connectivity index (χ3v) is 6.36. The van der Waals surface area contributed by atoms with E-state index in [1.807, 2.05) is 43.6 Å². The summed E-state index contributed by atoms with van der Waals surface area (Å²) in [6, 6.07) is 7.93. The molecule has 0 radical (unpaired) electrons. The summed E-state index contributed by atoms with van der Waals surface area (Å²) in [5.74, 6) is 2.07. The monoisotopic (exact) mass is 432 g/mol. The second-order valence-electron chi connectivity index (χ2n) is 7.81. The van der Waals surface area contributed by atoms with E-state index in [2.05, 4.69) is 32.5 Å². The van der Waals surface area contributed by atoms with Gasteiger partial charge in [0.2, 0.25) is 5.88 Å². The van der Waals surface area contributed by atoms with Gasteiger partial charge < -0.3 is 15.4 Å². The van der Waals surface area contributed by atoms with Gasteiger partial charge in [0.1, 0.15) is 22.7 Å². The molecule has 158 valence electrons. The standard InChI is InChI=1S/C23H24N6OS/c1-14-9-21(29-22(10-14)30-16-4-7-24-8-5-16)28-20-11-18-19(13-26-20)31-23(27-18)17-12-25-6-3-15(17)2/h3,6,9-13,16,24H,4-5,7-8H2,1-2H3,(H,26,28,29). The molecule has 4 aromatic rings. The van der Waals surface area contributed by atoms with Crippen LogP contribution in [0.15, 0.2) is 42.9 Å². The van der Waals surface area contributed by atoms with E-state index >= 15 is 0 Å². The van der Waals surface area contributed by atoms with Crippen molar-refractivity contribution in [2.24, 2.45) is 0 Å². The molecule has 0 bridgehead atoms. The number of nitrogens with one attached hydrogen (secondary N) is 2. The van der Waals surface area contributed by atoms with Crippen LogP contribution in [0.2, 0.25) is 0 Å². The molecule has 8 heteroatoms. The number of nitrogens with zero attached hydrogens (tertiary/aromatic N) is 4. The third kappa shape index (κ3) is 4.50. The Balaban J connectivity index is 1.38. The van der Waals surface area contributed by atoms with E-state index in [1.165, 1.54) is 0 Å². The van der Waals surface area contributed by atoms with Gasteiger partial charge in [-0.15, -0.1) is 11.3 Å². The summed E-state index contributed by atoms with van der Waals surface area (Å²) in [6.07, 6.45) is 7.72. The van der Waals surface area contributed by atoms with Crippen molar-refractivity contribution in [3.05, 3.63) is 54.0 Å². The van der Waals surface area contributed by atoms with Crippen LogP contribution in [0.1, 0.15) is 24.0 Å². The van der Waals surface area contributed by atoms with Crippen molar-refractivity contribution < 1.29 is 4.74 Å². The molecule has 31 heavy (non-hydrogen) atoms. The number of ether oxygens (including phenoxy) is 1. The minimum absolute atomic E-state index is 0.210. The Morgan fingerprint density at radius 2 is 1.94 bits per heavy atom. The smallest absolute Gasteiger partial charge is 0.215 e. The number of aryl methyl sites for hydroxylation is 2. The molecule has 0 spiro atoms. The first-order chi connectivity index (χ1) is 15.1. The van der Waals surface area contributed by atoms with Gasteiger partial charge >= 0.3 is 0 Å². The average Bonchev–Trinajstić information content (AvgIpc) is 3.17. The van der Waals surface area contributed by atoms with Crippen molar-refractivity contribution >= 4 is 33.2 Å². The Bertz CT molecular complexity index is 1220. The van der Waals surface area contributed by atoms with Crippen LogP contribution in [0.5, 0.6) is 5.88 Å². The molecule has 2 N–H and O–H groups in total. The van der Waals surface area contributed by atoms with Gasteiger partial charge in [-0.25, -0.2) is 9.97 Å². The van der Waals surface area contributed by atoms with Crippen molar-refractivity contribution in [3.63, 3.8) is 0 Å². The molecule has 0 amide bonds. The highest BCUT2D eigenvalue weighted by Crippen LogP contribution is 2.32. The first-order valence-corrected chi connectivity index (χ1v) is 11.3. The maximum atomic E-state index is 6.12. The van der Waals surface area contributed by atoms with E-state index < -0.39 is 0 Å². The molecular formula is C23H24N6OS. The zero-order valence-corrected chi connectivity index (χ0v) is 18.4. The van der Waals surface area contributed by atoms with E-state index in [1.54, 1.807) is 17.5 Å². The number of piperidine rings is 1. The van der Waals surface area contributed by atoms with Crippen molar-refractivity contribution in [2.75, 3.05) is 18.4 Å². The molecule has 1 saturated heterocycles. The van der Waals surface area contributed by atoms with Crippen molar-refractivity contribution in [1.29, 1.82) is 0 Å². The predicted molar refractivity (Wildman–Crippen MR) is 124 cm³/mol. The van der Waals surface area contributed by atoms with E-state index in [0.717, 1.165) is 57.8 Å². The average molecular weight is 433 g/mol. The highest BCUT2D eigenvalue weighted by Gasteiger charge is 2.16. The fourth-order valence-corrected chi connectivity index (χ4v) is 4.67. The van der Waals surface area contributed by atoms with Crippen molar-refractivity contribution in [3.8, 4) is 16.5 Å². The topological polar surface area (TPSA) is 84.9 Å². The number of anilines is 2. The maximum Gasteiger partial charge on any atom is 0.215 e. The van der Waals surface area contributed by atoms with Gasteiger partial charge in [-0.1, -0.05) is 0 Å². The zero-order chi connectivity index (χ0) is 21.2. The van der Waals surface area contributed by atoms with Crippen LogP contribution in [0.3, 0.4) is 0 Å². The number of hydrogen-bond donors (Lipinski definition) is 2. The molecule has 0 aromatic carbocycles. The van der Waals surface area contributed by atoms with Gasteiger partial charge in [0.25, 0.3) is 0 Å². The third-order valence-electron chi connectivity index (χ3n) is 5.32. The van der Waals surface area contributed by atoms with Crippen LogP contribution < -0.4 is 15.4 Å². The van der Waals surface area contributed by atoms with E-state index in [-0.39, 0.29) is 6.10 Å². The van der Waals surface area contributed by atoms with Crippen molar-refractivity contribution in [2.45, 2.75) is 32.8 Å². The Kier molecular flexibility index (Phi) is 5.48. The Labute approximate surface area is 185 Å². The van der Waals surface area contributed by atoms with Gasteiger partial charge in [-0.3, -0.25) is 4.98 Å². The molecule has 5 rings (SSSR count). The number of rotatable bonds is 5. The van der Waals surface area contributed by atoms with Crippen molar-refractivity contribution in [1.82, 2.24) is 25.3 Å². The maximum absolute atomic E-state index is 6.12. The largest absolute Gasteiger partial charge is 0.474 e. The number of aromatic nitrogens is 4. The number of hydrogen-bond acceptors (Lipinski definition) is 8. The molecule has 0 aliphatic carbocycles. The van der Waals surface area contributed by atoms with Gasteiger partial charge in [0.15, 0.2) is 0 Å². The second kappa shape index (κ2) is 8.56. The van der Waals surface area contributed by atoms with Gasteiger partial charge in [0, 0.05) is 36.3 Å². The summed E-state index contributed by atoms with van der Waals surface area (Å²) in [7, 11) is 0. The number of fused-ring (bicyclic) bond motifs is 1. The minimum atomic E-state index is 0.210. The lowest BCUT2D eigenvalue weighted by Crippen LogP contribution is -2.34.